The van der Waals surface area contributed by atoms with Crippen LogP contribution in [0.3, 0.4) is 0 Å². The first-order valence-electron chi connectivity index (χ1n) is 8.10. The molecule has 122 valence electrons. The van der Waals surface area contributed by atoms with Gasteiger partial charge < -0.3 is 0 Å². The first kappa shape index (κ1) is 15.3. The molecule has 2 heterocycles. The van der Waals surface area contributed by atoms with Crippen LogP contribution in [0.15, 0.2) is 30.3 Å². The lowest BCUT2D eigenvalue weighted by Crippen LogP contribution is -2.06. The molecule has 24 heavy (non-hydrogen) atoms. The molecule has 1 saturated carbocycles. The summed E-state index contributed by atoms with van der Waals surface area (Å²) in [6, 6.07) is 9.79. The van der Waals surface area contributed by atoms with Crippen molar-refractivity contribution >= 4 is 11.6 Å². The molecule has 6 heteroatoms. The van der Waals surface area contributed by atoms with Crippen molar-refractivity contribution in [3.05, 3.63) is 58.3 Å². The highest BCUT2D eigenvalue weighted by molar-refractivity contribution is 6.30. The number of nitrogens with zero attached hydrogens (tertiary/aromatic N) is 5. The predicted octanol–water partition coefficient (Wildman–Crippen LogP) is 3.93. The van der Waals surface area contributed by atoms with Crippen molar-refractivity contribution in [2.24, 2.45) is 0 Å². The Morgan fingerprint density at radius 3 is 2.67 bits per heavy atom. The molecule has 2 aromatic heterocycles. The van der Waals surface area contributed by atoms with Gasteiger partial charge in [0.2, 0.25) is 0 Å². The van der Waals surface area contributed by atoms with Crippen molar-refractivity contribution in [3.63, 3.8) is 0 Å². The number of hydrogen-bond acceptors (Lipinski definition) is 4. The first-order chi connectivity index (χ1) is 11.6. The molecule has 0 unspecified atom stereocenters. The average molecular weight is 340 g/mol. The summed E-state index contributed by atoms with van der Waals surface area (Å²) in [6.45, 7) is 4.49. The van der Waals surface area contributed by atoms with E-state index >= 15 is 0 Å². The number of hydrogen-bond donors (Lipinski definition) is 0. The number of aromatic nitrogens is 5. The van der Waals surface area contributed by atoms with Crippen LogP contribution in [0.4, 0.5) is 0 Å². The van der Waals surface area contributed by atoms with E-state index < -0.39 is 0 Å². The molecule has 1 aliphatic rings. The lowest BCUT2D eigenvalue weighted by atomic mass is 10.2. The van der Waals surface area contributed by atoms with E-state index in [-0.39, 0.29) is 0 Å². The zero-order chi connectivity index (χ0) is 16.7. The minimum absolute atomic E-state index is 0.494. The van der Waals surface area contributed by atoms with Crippen LogP contribution >= 0.6 is 11.6 Å². The normalized spacial score (nSPS) is 14.1. The van der Waals surface area contributed by atoms with Gasteiger partial charge in [-0.15, -0.1) is 0 Å². The molecule has 0 saturated heterocycles. The van der Waals surface area contributed by atoms with Gasteiger partial charge in [-0.05, 0) is 50.5 Å². The fourth-order valence-electron chi connectivity index (χ4n) is 2.81. The Labute approximate surface area is 145 Å². The first-order valence-corrected chi connectivity index (χ1v) is 8.48. The second-order valence-corrected chi connectivity index (χ2v) is 6.73. The van der Waals surface area contributed by atoms with Gasteiger partial charge in [-0.1, -0.05) is 23.7 Å². The second-order valence-electron chi connectivity index (χ2n) is 6.30. The van der Waals surface area contributed by atoms with E-state index in [1.165, 1.54) is 12.8 Å². The maximum absolute atomic E-state index is 6.11. The van der Waals surface area contributed by atoms with Crippen LogP contribution in [0.25, 0.3) is 11.5 Å². The molecule has 0 bridgehead atoms. The standard InChI is InChI=1S/C18H18ClN5/c1-11-8-16(21-12(2)20-11)18-22-17(14-6-7-14)23-24(18)10-13-4-3-5-15(19)9-13/h3-5,8-9,14H,6-7,10H2,1-2H3. The Kier molecular flexibility index (Phi) is 3.81. The third kappa shape index (κ3) is 3.17. The fourth-order valence-corrected chi connectivity index (χ4v) is 3.03. The summed E-state index contributed by atoms with van der Waals surface area (Å²) in [5.41, 5.74) is 2.85. The Bertz CT molecular complexity index is 878. The zero-order valence-electron chi connectivity index (χ0n) is 13.7. The van der Waals surface area contributed by atoms with Gasteiger partial charge in [0.1, 0.15) is 11.5 Å². The minimum Gasteiger partial charge on any atom is -0.240 e. The van der Waals surface area contributed by atoms with Gasteiger partial charge in [-0.25, -0.2) is 19.6 Å². The summed E-state index contributed by atoms with van der Waals surface area (Å²) in [7, 11) is 0. The van der Waals surface area contributed by atoms with Gasteiger partial charge in [-0.2, -0.15) is 5.10 Å². The Morgan fingerprint density at radius 1 is 1.12 bits per heavy atom. The molecule has 0 N–H and O–H groups in total. The van der Waals surface area contributed by atoms with Gasteiger partial charge in [0.05, 0.1) is 6.54 Å². The van der Waals surface area contributed by atoms with Gasteiger partial charge in [0.25, 0.3) is 0 Å². The molecule has 1 aromatic carbocycles. The summed E-state index contributed by atoms with van der Waals surface area (Å²) < 4.78 is 1.93. The third-order valence-electron chi connectivity index (χ3n) is 4.05. The van der Waals surface area contributed by atoms with Crippen LogP contribution in [0, 0.1) is 13.8 Å². The van der Waals surface area contributed by atoms with Gasteiger partial charge in [0, 0.05) is 16.6 Å². The topological polar surface area (TPSA) is 56.5 Å². The van der Waals surface area contributed by atoms with E-state index in [1.807, 2.05) is 48.9 Å². The van der Waals surface area contributed by atoms with E-state index in [0.29, 0.717) is 12.5 Å². The Hall–Kier alpha value is -2.27. The van der Waals surface area contributed by atoms with Gasteiger partial charge >= 0.3 is 0 Å². The molecule has 3 aromatic rings. The van der Waals surface area contributed by atoms with Crippen molar-refractivity contribution in [2.75, 3.05) is 0 Å². The van der Waals surface area contributed by atoms with E-state index in [9.17, 15) is 0 Å². The highest BCUT2D eigenvalue weighted by Crippen LogP contribution is 2.39. The van der Waals surface area contributed by atoms with Crippen LogP contribution < -0.4 is 0 Å². The van der Waals surface area contributed by atoms with Crippen LogP contribution in [-0.2, 0) is 6.54 Å². The van der Waals surface area contributed by atoms with Crippen molar-refractivity contribution in [1.82, 2.24) is 24.7 Å². The molecule has 0 amide bonds. The minimum atomic E-state index is 0.494. The van der Waals surface area contributed by atoms with Crippen LogP contribution in [0.1, 0.15) is 41.7 Å². The molecule has 4 rings (SSSR count). The quantitative estimate of drug-likeness (QED) is 0.722. The molecule has 1 aliphatic carbocycles. The predicted molar refractivity (Wildman–Crippen MR) is 93.1 cm³/mol. The molecule has 5 nitrogen and oxygen atoms in total. The highest BCUT2D eigenvalue weighted by atomic mass is 35.5. The third-order valence-corrected chi connectivity index (χ3v) is 4.28. The van der Waals surface area contributed by atoms with Crippen molar-refractivity contribution in [2.45, 2.75) is 39.2 Å². The summed E-state index contributed by atoms with van der Waals surface area (Å²) in [6.07, 6.45) is 2.34. The van der Waals surface area contributed by atoms with Crippen LogP contribution in [0.2, 0.25) is 5.02 Å². The van der Waals surface area contributed by atoms with Crippen molar-refractivity contribution in [1.29, 1.82) is 0 Å². The molecule has 1 fully saturated rings. The zero-order valence-corrected chi connectivity index (χ0v) is 14.5. The van der Waals surface area contributed by atoms with Crippen molar-refractivity contribution < 1.29 is 0 Å². The Balaban J connectivity index is 1.77. The molecule has 0 atom stereocenters. The average Bonchev–Trinajstić information content (AvgIpc) is 3.28. The monoisotopic (exact) mass is 339 g/mol. The van der Waals surface area contributed by atoms with Gasteiger partial charge in [-0.3, -0.25) is 0 Å². The molecule has 0 radical (unpaired) electrons. The maximum atomic E-state index is 6.11. The fraction of sp³-hybridized carbons (Fsp3) is 0.333. The molecule has 0 spiro atoms. The number of halogens is 1. The number of benzene rings is 1. The Morgan fingerprint density at radius 2 is 1.96 bits per heavy atom. The molecule has 0 aliphatic heterocycles. The maximum Gasteiger partial charge on any atom is 0.177 e. The molecular formula is C18H18ClN5. The largest absolute Gasteiger partial charge is 0.240 e. The smallest absolute Gasteiger partial charge is 0.177 e. The van der Waals surface area contributed by atoms with Gasteiger partial charge in [0.15, 0.2) is 11.6 Å². The van der Waals surface area contributed by atoms with Crippen LogP contribution in [0.5, 0.6) is 0 Å². The van der Waals surface area contributed by atoms with E-state index in [2.05, 4.69) is 9.97 Å². The highest BCUT2D eigenvalue weighted by Gasteiger charge is 2.29. The summed E-state index contributed by atoms with van der Waals surface area (Å²) in [5.74, 6) is 2.95. The van der Waals surface area contributed by atoms with E-state index in [1.54, 1.807) is 0 Å². The lowest BCUT2D eigenvalue weighted by Gasteiger charge is -2.07. The lowest BCUT2D eigenvalue weighted by molar-refractivity contribution is 0.677. The number of aryl methyl sites for hydroxylation is 2. The number of rotatable bonds is 4. The summed E-state index contributed by atoms with van der Waals surface area (Å²) >= 11 is 6.11. The van der Waals surface area contributed by atoms with E-state index in [0.717, 1.165) is 39.4 Å². The summed E-state index contributed by atoms with van der Waals surface area (Å²) in [4.78, 5) is 13.7. The summed E-state index contributed by atoms with van der Waals surface area (Å²) in [5, 5.41) is 5.46. The SMILES string of the molecule is Cc1cc(-c2nc(C3CC3)nn2Cc2cccc(Cl)c2)nc(C)n1. The molecular weight excluding hydrogens is 322 g/mol. The van der Waals surface area contributed by atoms with Crippen LogP contribution in [-0.4, -0.2) is 24.7 Å². The van der Waals surface area contributed by atoms with Crippen molar-refractivity contribution in [3.8, 4) is 11.5 Å². The van der Waals surface area contributed by atoms with E-state index in [4.69, 9.17) is 21.7 Å². The second kappa shape index (κ2) is 5.98.